The van der Waals surface area contributed by atoms with Crippen molar-refractivity contribution in [1.82, 2.24) is 4.90 Å². The van der Waals surface area contributed by atoms with Crippen molar-refractivity contribution >= 4 is 23.0 Å². The van der Waals surface area contributed by atoms with E-state index in [-0.39, 0.29) is 0 Å². The van der Waals surface area contributed by atoms with E-state index in [1.807, 2.05) is 26.0 Å². The van der Waals surface area contributed by atoms with E-state index in [2.05, 4.69) is 10.2 Å². The molecule has 7 nitrogen and oxygen atoms in total. The first-order valence-corrected chi connectivity index (χ1v) is 7.08. The number of nitrogens with two attached hydrogens (primary N) is 1. The number of rotatable bonds is 7. The topological polar surface area (TPSA) is 91.1 Å². The second-order valence-corrected chi connectivity index (χ2v) is 5.50. The second-order valence-electron chi connectivity index (χ2n) is 5.50. The number of hydrogen-bond acceptors (Lipinski definition) is 6. The minimum Gasteiger partial charge on any atom is -0.495 e. The Labute approximate surface area is 131 Å². The summed E-state index contributed by atoms with van der Waals surface area (Å²) < 4.78 is 5.24. The summed E-state index contributed by atoms with van der Waals surface area (Å²) in [5.41, 5.74) is 7.66. The summed E-state index contributed by atoms with van der Waals surface area (Å²) in [5.74, 6) is 0.0635. The van der Waals surface area contributed by atoms with Gasteiger partial charge in [0.15, 0.2) is 0 Å². The zero-order valence-corrected chi connectivity index (χ0v) is 13.9. The first-order chi connectivity index (χ1) is 10.3. The molecule has 0 aliphatic carbocycles. The van der Waals surface area contributed by atoms with E-state index in [1.54, 1.807) is 19.2 Å². The minimum atomic E-state index is -1.09. The van der Waals surface area contributed by atoms with Crippen molar-refractivity contribution < 1.29 is 14.6 Å². The lowest BCUT2D eigenvalue weighted by Gasteiger charge is -2.25. The summed E-state index contributed by atoms with van der Waals surface area (Å²) in [4.78, 5) is 15.8. The fourth-order valence-electron chi connectivity index (χ4n) is 1.89. The maximum absolute atomic E-state index is 11.8. The van der Waals surface area contributed by atoms with Crippen molar-refractivity contribution in [2.75, 3.05) is 57.3 Å². The summed E-state index contributed by atoms with van der Waals surface area (Å²) in [6.45, 7) is 3.03. The summed E-state index contributed by atoms with van der Waals surface area (Å²) >= 11 is 0. The molecule has 0 aromatic heterocycles. The number of methoxy groups -OCH3 is 1. The molecule has 0 aliphatic heterocycles. The number of nitrogens with zero attached hydrogens (tertiary/aromatic N) is 2. The number of nitrogens with one attached hydrogen (secondary N) is 1. The largest absolute Gasteiger partial charge is 0.495 e. The number of nitrogen functional groups attached to an aromatic ring is 1. The summed E-state index contributed by atoms with van der Waals surface area (Å²) in [6, 6.07) is 3.42. The van der Waals surface area contributed by atoms with Crippen molar-refractivity contribution in [2.24, 2.45) is 0 Å². The fourth-order valence-corrected chi connectivity index (χ4v) is 1.89. The van der Waals surface area contributed by atoms with Gasteiger partial charge in [-0.05, 0) is 27.1 Å². The molecule has 0 saturated heterocycles. The smallest absolute Gasteiger partial charge is 0.252 e. The average molecular weight is 310 g/mol. The van der Waals surface area contributed by atoms with Crippen LogP contribution in [0.3, 0.4) is 0 Å². The van der Waals surface area contributed by atoms with Gasteiger partial charge in [0.2, 0.25) is 0 Å². The van der Waals surface area contributed by atoms with Gasteiger partial charge in [-0.1, -0.05) is 0 Å². The van der Waals surface area contributed by atoms with Gasteiger partial charge in [-0.25, -0.2) is 0 Å². The van der Waals surface area contributed by atoms with Gasteiger partial charge in [-0.2, -0.15) is 0 Å². The van der Waals surface area contributed by atoms with Crippen molar-refractivity contribution in [2.45, 2.75) is 13.0 Å². The van der Waals surface area contributed by atoms with Gasteiger partial charge < -0.3 is 30.7 Å². The number of aliphatic hydroxyl groups is 1. The van der Waals surface area contributed by atoms with Crippen molar-refractivity contribution in [3.8, 4) is 5.75 Å². The highest BCUT2D eigenvalue weighted by Gasteiger charge is 2.16. The number of anilines is 3. The van der Waals surface area contributed by atoms with Crippen LogP contribution < -0.4 is 20.7 Å². The van der Waals surface area contributed by atoms with Crippen LogP contribution in [0.15, 0.2) is 12.1 Å². The number of carbonyl (C=O) groups excluding carboxylic acids is 1. The van der Waals surface area contributed by atoms with Crippen LogP contribution in [0.1, 0.15) is 6.92 Å². The van der Waals surface area contributed by atoms with Crippen molar-refractivity contribution in [3.63, 3.8) is 0 Å². The number of likely N-dealkylation sites (N-methyl/N-ethyl adjacent to an activating group) is 2. The second kappa shape index (κ2) is 7.86. The molecule has 0 bridgehead atoms. The van der Waals surface area contributed by atoms with E-state index < -0.39 is 12.0 Å². The molecule has 1 unspecified atom stereocenters. The Morgan fingerprint density at radius 1 is 1.36 bits per heavy atom. The molecule has 7 heteroatoms. The van der Waals surface area contributed by atoms with Gasteiger partial charge in [-0.15, -0.1) is 0 Å². The molecule has 0 heterocycles. The molecule has 0 fully saturated rings. The van der Waals surface area contributed by atoms with Crippen LogP contribution in [0.4, 0.5) is 17.1 Å². The third-order valence-electron chi connectivity index (χ3n) is 3.28. The van der Waals surface area contributed by atoms with Crippen molar-refractivity contribution in [3.05, 3.63) is 12.1 Å². The molecule has 1 aromatic rings. The molecule has 0 spiro atoms. The SMILES string of the molecule is COc1cc(N(C)CCN(C)C)c(NC(=O)C(C)O)cc1N. The summed E-state index contributed by atoms with van der Waals surface area (Å²) in [6.07, 6.45) is -1.09. The Balaban J connectivity index is 3.11. The molecule has 0 radical (unpaired) electrons. The van der Waals surface area contributed by atoms with Crippen LogP contribution in [0.2, 0.25) is 0 Å². The minimum absolute atomic E-state index is 0.424. The molecule has 4 N–H and O–H groups in total. The first-order valence-electron chi connectivity index (χ1n) is 7.08. The fraction of sp³-hybridized carbons (Fsp3) is 0.533. The predicted molar refractivity (Wildman–Crippen MR) is 89.5 cm³/mol. The summed E-state index contributed by atoms with van der Waals surface area (Å²) in [5, 5.41) is 12.1. The molecule has 1 rings (SSSR count). The molecule has 22 heavy (non-hydrogen) atoms. The zero-order chi connectivity index (χ0) is 16.9. The highest BCUT2D eigenvalue weighted by atomic mass is 16.5. The highest BCUT2D eigenvalue weighted by molar-refractivity contribution is 5.98. The van der Waals surface area contributed by atoms with E-state index >= 15 is 0 Å². The third kappa shape index (κ3) is 4.78. The summed E-state index contributed by atoms with van der Waals surface area (Å²) in [7, 11) is 7.46. The van der Waals surface area contributed by atoms with E-state index in [0.717, 1.165) is 18.8 Å². The van der Waals surface area contributed by atoms with Gasteiger partial charge >= 0.3 is 0 Å². The maximum Gasteiger partial charge on any atom is 0.252 e. The number of amides is 1. The molecule has 124 valence electrons. The number of hydrogen-bond donors (Lipinski definition) is 3. The zero-order valence-electron chi connectivity index (χ0n) is 13.9. The van der Waals surface area contributed by atoms with Crippen LogP contribution in [-0.2, 0) is 4.79 Å². The predicted octanol–water partition coefficient (Wildman–Crippen LogP) is 0.595. The Morgan fingerprint density at radius 3 is 2.50 bits per heavy atom. The Bertz CT molecular complexity index is 518. The van der Waals surface area contributed by atoms with Crippen molar-refractivity contribution in [1.29, 1.82) is 0 Å². The first kappa shape index (κ1) is 18.1. The van der Waals surface area contributed by atoms with E-state index in [1.165, 1.54) is 6.92 Å². The van der Waals surface area contributed by atoms with Gasteiger partial charge in [0, 0.05) is 26.2 Å². The Kier molecular flexibility index (Phi) is 6.45. The van der Waals surface area contributed by atoms with Crippen LogP contribution >= 0.6 is 0 Å². The number of benzene rings is 1. The lowest BCUT2D eigenvalue weighted by atomic mass is 10.2. The van der Waals surface area contributed by atoms with Gasteiger partial charge in [0.25, 0.3) is 5.91 Å². The van der Waals surface area contributed by atoms with Gasteiger partial charge in [0.05, 0.1) is 24.2 Å². The van der Waals surface area contributed by atoms with E-state index in [4.69, 9.17) is 10.5 Å². The molecule has 1 aromatic carbocycles. The monoisotopic (exact) mass is 310 g/mol. The Hall–Kier alpha value is -1.99. The average Bonchev–Trinajstić information content (AvgIpc) is 2.44. The van der Waals surface area contributed by atoms with Crippen LogP contribution in [0.5, 0.6) is 5.75 Å². The standard InChI is InChI=1S/C15H26N4O3/c1-10(20)15(21)17-12-8-11(16)14(22-5)9-13(12)19(4)7-6-18(2)3/h8-10,20H,6-7,16H2,1-5H3,(H,17,21). The highest BCUT2D eigenvalue weighted by Crippen LogP contribution is 2.35. The molecule has 1 atom stereocenters. The van der Waals surface area contributed by atoms with Crippen LogP contribution in [-0.4, -0.2) is 63.4 Å². The third-order valence-corrected chi connectivity index (χ3v) is 3.28. The number of carbonyl (C=O) groups is 1. The quantitative estimate of drug-likeness (QED) is 0.639. The molecule has 1 amide bonds. The lowest BCUT2D eigenvalue weighted by molar-refractivity contribution is -0.123. The molecule has 0 saturated carbocycles. The van der Waals surface area contributed by atoms with Crippen LogP contribution in [0, 0.1) is 0 Å². The van der Waals surface area contributed by atoms with E-state index in [0.29, 0.717) is 17.1 Å². The molecular formula is C15H26N4O3. The number of aliphatic hydroxyl groups excluding tert-OH is 1. The lowest BCUT2D eigenvalue weighted by Crippen LogP contribution is -2.30. The normalized spacial score (nSPS) is 12.1. The maximum atomic E-state index is 11.8. The molecule has 0 aliphatic rings. The Morgan fingerprint density at radius 2 is 2.00 bits per heavy atom. The molecular weight excluding hydrogens is 284 g/mol. The van der Waals surface area contributed by atoms with Gasteiger partial charge in [-0.3, -0.25) is 4.79 Å². The van der Waals surface area contributed by atoms with Crippen LogP contribution in [0.25, 0.3) is 0 Å². The van der Waals surface area contributed by atoms with E-state index in [9.17, 15) is 9.90 Å². The van der Waals surface area contributed by atoms with Gasteiger partial charge in [0.1, 0.15) is 11.9 Å². The number of ether oxygens (including phenoxy) is 1.